The summed E-state index contributed by atoms with van der Waals surface area (Å²) in [5, 5.41) is 11.3. The number of nitrogens with zero attached hydrogens (tertiary/aromatic N) is 3. The number of hydrogen-bond donors (Lipinski definition) is 3. The van der Waals surface area contributed by atoms with Gasteiger partial charge in [-0.05, 0) is 48.5 Å². The number of ketones is 1. The molecule has 5 aromatic rings. The van der Waals surface area contributed by atoms with Gasteiger partial charge in [-0.3, -0.25) is 14.9 Å². The predicted molar refractivity (Wildman–Crippen MR) is 126 cm³/mol. The number of aromatic nitrogens is 4. The Morgan fingerprint density at radius 1 is 0.833 bits per heavy atom. The van der Waals surface area contributed by atoms with Crippen molar-refractivity contribution < 1.29 is 22.8 Å². The van der Waals surface area contributed by atoms with Crippen molar-refractivity contribution in [3.63, 3.8) is 0 Å². The molecule has 2 amide bonds. The predicted octanol–water partition coefficient (Wildman–Crippen LogP) is 5.31. The van der Waals surface area contributed by atoms with Crippen LogP contribution in [0.1, 0.15) is 15.9 Å². The molecule has 0 bridgehead atoms. The van der Waals surface area contributed by atoms with Gasteiger partial charge in [0.25, 0.3) is 0 Å². The number of fused-ring (bicyclic) bond motifs is 1. The number of benzene rings is 3. The molecule has 5 rings (SSSR count). The van der Waals surface area contributed by atoms with Gasteiger partial charge < -0.3 is 10.6 Å². The SMILES string of the molecule is O=C(Nc1ccc(F)cc1)Nc1cc(F)c(F)c(C(=O)c2ccc3ncc(-c4cn[nH]c4)nc3c2)c1. The monoisotopic (exact) mass is 488 g/mol. The maximum atomic E-state index is 14.6. The summed E-state index contributed by atoms with van der Waals surface area (Å²) in [5.74, 6) is -3.97. The number of hydrogen-bond acceptors (Lipinski definition) is 5. The van der Waals surface area contributed by atoms with Crippen molar-refractivity contribution in [1.29, 1.82) is 0 Å². The molecule has 0 fully saturated rings. The fourth-order valence-electron chi connectivity index (χ4n) is 3.49. The minimum Gasteiger partial charge on any atom is -0.308 e. The molecule has 36 heavy (non-hydrogen) atoms. The zero-order valence-corrected chi connectivity index (χ0v) is 18.2. The van der Waals surface area contributed by atoms with E-state index in [-0.39, 0.29) is 16.9 Å². The van der Waals surface area contributed by atoms with E-state index >= 15 is 0 Å². The van der Waals surface area contributed by atoms with Crippen LogP contribution in [0, 0.1) is 17.5 Å². The molecule has 0 aliphatic heterocycles. The zero-order chi connectivity index (χ0) is 25.2. The van der Waals surface area contributed by atoms with E-state index < -0.39 is 34.8 Å². The largest absolute Gasteiger partial charge is 0.323 e. The summed E-state index contributed by atoms with van der Waals surface area (Å²) >= 11 is 0. The number of amides is 2. The van der Waals surface area contributed by atoms with E-state index in [4.69, 9.17) is 0 Å². The molecule has 0 saturated carbocycles. The Balaban J connectivity index is 1.42. The van der Waals surface area contributed by atoms with Crippen molar-refractivity contribution in [3.05, 3.63) is 102 Å². The normalized spacial score (nSPS) is 10.9. The van der Waals surface area contributed by atoms with Crippen LogP contribution in [0.15, 0.2) is 73.2 Å². The molecular formula is C25H15F3N6O2. The minimum absolute atomic E-state index is 0.0485. The van der Waals surface area contributed by atoms with Gasteiger partial charge in [0, 0.05) is 34.8 Å². The van der Waals surface area contributed by atoms with E-state index in [0.29, 0.717) is 22.3 Å². The van der Waals surface area contributed by atoms with Gasteiger partial charge >= 0.3 is 6.03 Å². The minimum atomic E-state index is -1.36. The molecule has 2 aromatic heterocycles. The number of aromatic amines is 1. The zero-order valence-electron chi connectivity index (χ0n) is 18.2. The van der Waals surface area contributed by atoms with E-state index in [2.05, 4.69) is 30.8 Å². The number of anilines is 2. The molecular weight excluding hydrogens is 473 g/mol. The topological polar surface area (TPSA) is 113 Å². The highest BCUT2D eigenvalue weighted by Crippen LogP contribution is 2.24. The number of nitrogens with one attached hydrogen (secondary N) is 3. The maximum absolute atomic E-state index is 14.6. The number of urea groups is 1. The number of carbonyl (C=O) groups is 2. The summed E-state index contributed by atoms with van der Waals surface area (Å²) in [7, 11) is 0. The highest BCUT2D eigenvalue weighted by Gasteiger charge is 2.20. The standard InChI is InChI=1S/C25H15F3N6O2/c26-15-2-4-16(5-3-15)32-25(36)33-17-8-18(23(28)19(27)9-17)24(35)13-1-6-20-21(7-13)34-22(12-29-20)14-10-30-31-11-14/h1-12H,(H,30,31)(H2,32,33,36). The molecule has 0 spiro atoms. The van der Waals surface area contributed by atoms with Crippen LogP contribution in [-0.4, -0.2) is 32.0 Å². The molecule has 2 heterocycles. The first-order chi connectivity index (χ1) is 17.4. The second-order valence-corrected chi connectivity index (χ2v) is 7.68. The molecule has 0 unspecified atom stereocenters. The van der Waals surface area contributed by atoms with E-state index in [0.717, 1.165) is 24.3 Å². The van der Waals surface area contributed by atoms with E-state index in [1.54, 1.807) is 24.7 Å². The Labute approximate surface area is 201 Å². The molecule has 0 aliphatic carbocycles. The van der Waals surface area contributed by atoms with Gasteiger partial charge in [0.05, 0.1) is 34.7 Å². The summed E-state index contributed by atoms with van der Waals surface area (Å²) in [6.45, 7) is 0. The Morgan fingerprint density at radius 3 is 2.36 bits per heavy atom. The summed E-state index contributed by atoms with van der Waals surface area (Å²) in [6.07, 6.45) is 4.75. The van der Waals surface area contributed by atoms with Crippen LogP contribution in [0.4, 0.5) is 29.3 Å². The molecule has 11 heteroatoms. The quantitative estimate of drug-likeness (QED) is 0.290. The van der Waals surface area contributed by atoms with Crippen LogP contribution in [-0.2, 0) is 0 Å². The smallest absolute Gasteiger partial charge is 0.308 e. The summed E-state index contributed by atoms with van der Waals surface area (Å²) in [4.78, 5) is 34.1. The molecule has 178 valence electrons. The Morgan fingerprint density at radius 2 is 1.61 bits per heavy atom. The van der Waals surface area contributed by atoms with Gasteiger partial charge in [-0.1, -0.05) is 0 Å². The van der Waals surface area contributed by atoms with Crippen molar-refractivity contribution in [3.8, 4) is 11.3 Å². The lowest BCUT2D eigenvalue weighted by molar-refractivity contribution is 0.103. The summed E-state index contributed by atoms with van der Waals surface area (Å²) in [5.41, 5.74) is 1.66. The van der Waals surface area contributed by atoms with Crippen molar-refractivity contribution in [2.24, 2.45) is 0 Å². The number of carbonyl (C=O) groups excluding carboxylic acids is 2. The Hall–Kier alpha value is -5.06. The van der Waals surface area contributed by atoms with Gasteiger partial charge in [-0.25, -0.2) is 22.9 Å². The molecule has 0 saturated heterocycles. The van der Waals surface area contributed by atoms with Crippen molar-refractivity contribution >= 4 is 34.2 Å². The van der Waals surface area contributed by atoms with Crippen LogP contribution in [0.5, 0.6) is 0 Å². The van der Waals surface area contributed by atoms with Crippen LogP contribution < -0.4 is 10.6 Å². The third-order valence-electron chi connectivity index (χ3n) is 5.23. The van der Waals surface area contributed by atoms with E-state index in [1.807, 2.05) is 0 Å². The number of H-pyrrole nitrogens is 1. The second-order valence-electron chi connectivity index (χ2n) is 7.68. The first kappa shape index (κ1) is 22.7. The fourth-order valence-corrected chi connectivity index (χ4v) is 3.49. The lowest BCUT2D eigenvalue weighted by atomic mass is 10.0. The van der Waals surface area contributed by atoms with Crippen LogP contribution in [0.25, 0.3) is 22.3 Å². The third-order valence-corrected chi connectivity index (χ3v) is 5.23. The summed E-state index contributed by atoms with van der Waals surface area (Å²) in [6, 6.07) is 10.3. The van der Waals surface area contributed by atoms with Gasteiger partial charge in [-0.15, -0.1) is 0 Å². The van der Waals surface area contributed by atoms with Gasteiger partial charge in [-0.2, -0.15) is 5.10 Å². The van der Waals surface area contributed by atoms with Gasteiger partial charge in [0.1, 0.15) is 5.82 Å². The first-order valence-corrected chi connectivity index (χ1v) is 10.5. The summed E-state index contributed by atoms with van der Waals surface area (Å²) < 4.78 is 42.0. The highest BCUT2D eigenvalue weighted by atomic mass is 19.2. The molecule has 0 atom stereocenters. The van der Waals surface area contributed by atoms with E-state index in [1.165, 1.54) is 24.3 Å². The van der Waals surface area contributed by atoms with Crippen molar-refractivity contribution in [2.45, 2.75) is 0 Å². The van der Waals surface area contributed by atoms with Gasteiger partial charge in [0.2, 0.25) is 0 Å². The molecule has 3 N–H and O–H groups in total. The fraction of sp³-hybridized carbons (Fsp3) is 0. The first-order valence-electron chi connectivity index (χ1n) is 10.5. The third kappa shape index (κ3) is 4.62. The Bertz CT molecular complexity index is 1610. The van der Waals surface area contributed by atoms with Crippen molar-refractivity contribution in [2.75, 3.05) is 10.6 Å². The van der Waals surface area contributed by atoms with Gasteiger partial charge in [0.15, 0.2) is 17.4 Å². The van der Waals surface area contributed by atoms with Crippen molar-refractivity contribution in [1.82, 2.24) is 20.2 Å². The Kier molecular flexibility index (Phi) is 5.87. The molecule has 8 nitrogen and oxygen atoms in total. The van der Waals surface area contributed by atoms with E-state index in [9.17, 15) is 22.8 Å². The molecule has 3 aromatic carbocycles. The average molecular weight is 488 g/mol. The lowest BCUT2D eigenvalue weighted by Gasteiger charge is -2.11. The highest BCUT2D eigenvalue weighted by molar-refractivity contribution is 6.11. The van der Waals surface area contributed by atoms with Crippen LogP contribution in [0.3, 0.4) is 0 Å². The second kappa shape index (κ2) is 9.29. The molecule has 0 aliphatic rings. The molecule has 0 radical (unpaired) electrons. The average Bonchev–Trinajstić information content (AvgIpc) is 3.41. The maximum Gasteiger partial charge on any atom is 0.323 e. The lowest BCUT2D eigenvalue weighted by Crippen LogP contribution is -2.20. The van der Waals surface area contributed by atoms with Crippen LogP contribution >= 0.6 is 0 Å². The number of halogens is 3. The van der Waals surface area contributed by atoms with Crippen LogP contribution in [0.2, 0.25) is 0 Å². The number of rotatable bonds is 5.